The van der Waals surface area contributed by atoms with Gasteiger partial charge in [0.15, 0.2) is 0 Å². The maximum atomic E-state index is 12.1. The highest BCUT2D eigenvalue weighted by molar-refractivity contribution is 5.88. The van der Waals surface area contributed by atoms with Crippen LogP contribution in [-0.4, -0.2) is 30.3 Å². The van der Waals surface area contributed by atoms with Crippen molar-refractivity contribution < 1.29 is 19.4 Å². The molecule has 0 aliphatic carbocycles. The first-order chi connectivity index (χ1) is 11.6. The Morgan fingerprint density at radius 1 is 1.24 bits per heavy atom. The lowest BCUT2D eigenvalue weighted by Crippen LogP contribution is -2.23. The van der Waals surface area contributed by atoms with Crippen molar-refractivity contribution in [3.05, 3.63) is 53.6 Å². The summed E-state index contributed by atoms with van der Waals surface area (Å²) in [6.45, 7) is 12.1. The lowest BCUT2D eigenvalue weighted by atomic mass is 9.82. The normalized spacial score (nSPS) is 11.8. The Balaban J connectivity index is 2.66. The van der Waals surface area contributed by atoms with E-state index in [1.165, 1.54) is 0 Å². The number of carbonyl (C=O) groups excluding carboxylic acids is 1. The van der Waals surface area contributed by atoms with Gasteiger partial charge in [-0.25, -0.2) is 9.59 Å². The van der Waals surface area contributed by atoms with Crippen molar-refractivity contribution >= 4 is 17.6 Å². The molecule has 136 valence electrons. The standard InChI is InChI=1S/C20H27NO4/c1-14(2)16-7-9-17(10-8-16)20(4,5)13-15(3)18(22)25-12-6-11-21-19(23)24/h7-10,13,21H,1,6,11-12H2,2-5H3,(H,23,24). The predicted octanol–water partition coefficient (Wildman–Crippen LogP) is 4.14. The molecule has 0 aliphatic rings. The fourth-order valence-electron chi connectivity index (χ4n) is 2.41. The first-order valence-electron chi connectivity index (χ1n) is 8.23. The number of carboxylic acid groups (broad SMARTS) is 1. The fraction of sp³-hybridized carbons (Fsp3) is 0.400. The smallest absolute Gasteiger partial charge is 0.404 e. The van der Waals surface area contributed by atoms with E-state index < -0.39 is 6.09 Å². The number of carbonyl (C=O) groups is 2. The molecule has 5 heteroatoms. The number of allylic oxidation sites excluding steroid dienone is 2. The van der Waals surface area contributed by atoms with Crippen molar-refractivity contribution in [2.24, 2.45) is 0 Å². The number of hydrogen-bond donors (Lipinski definition) is 2. The van der Waals surface area contributed by atoms with Gasteiger partial charge in [0.1, 0.15) is 0 Å². The van der Waals surface area contributed by atoms with E-state index in [9.17, 15) is 9.59 Å². The Kier molecular flexibility index (Phi) is 7.43. The van der Waals surface area contributed by atoms with Gasteiger partial charge in [0.25, 0.3) is 0 Å². The fourth-order valence-corrected chi connectivity index (χ4v) is 2.41. The van der Waals surface area contributed by atoms with Crippen LogP contribution in [-0.2, 0) is 14.9 Å². The molecule has 0 saturated carbocycles. The van der Waals surface area contributed by atoms with Gasteiger partial charge in [-0.1, -0.05) is 56.3 Å². The van der Waals surface area contributed by atoms with Crippen LogP contribution in [0.1, 0.15) is 45.2 Å². The summed E-state index contributed by atoms with van der Waals surface area (Å²) in [6, 6.07) is 8.13. The molecule has 0 saturated heterocycles. The number of benzene rings is 1. The summed E-state index contributed by atoms with van der Waals surface area (Å²) in [5.74, 6) is -0.387. The van der Waals surface area contributed by atoms with Crippen molar-refractivity contribution in [1.82, 2.24) is 5.32 Å². The summed E-state index contributed by atoms with van der Waals surface area (Å²) in [5, 5.41) is 10.7. The van der Waals surface area contributed by atoms with E-state index in [4.69, 9.17) is 9.84 Å². The zero-order valence-corrected chi connectivity index (χ0v) is 15.4. The highest BCUT2D eigenvalue weighted by atomic mass is 16.5. The number of amides is 1. The Labute approximate surface area is 149 Å². The molecule has 0 aliphatic heterocycles. The third kappa shape index (κ3) is 6.83. The van der Waals surface area contributed by atoms with Crippen molar-refractivity contribution in [3.8, 4) is 0 Å². The van der Waals surface area contributed by atoms with Gasteiger partial charge in [-0.15, -0.1) is 0 Å². The molecule has 0 heterocycles. The molecule has 5 nitrogen and oxygen atoms in total. The lowest BCUT2D eigenvalue weighted by molar-refractivity contribution is -0.139. The van der Waals surface area contributed by atoms with E-state index in [2.05, 4.69) is 11.9 Å². The molecule has 0 spiro atoms. The number of esters is 1. The minimum atomic E-state index is -1.08. The molecular weight excluding hydrogens is 318 g/mol. The van der Waals surface area contributed by atoms with Gasteiger partial charge in [0, 0.05) is 17.5 Å². The van der Waals surface area contributed by atoms with Gasteiger partial charge < -0.3 is 15.2 Å². The van der Waals surface area contributed by atoms with Crippen LogP contribution in [0, 0.1) is 0 Å². The van der Waals surface area contributed by atoms with Gasteiger partial charge in [-0.3, -0.25) is 0 Å². The maximum Gasteiger partial charge on any atom is 0.404 e. The molecule has 2 N–H and O–H groups in total. The van der Waals surface area contributed by atoms with Crippen LogP contribution in [0.3, 0.4) is 0 Å². The zero-order chi connectivity index (χ0) is 19.0. The monoisotopic (exact) mass is 345 g/mol. The minimum absolute atomic E-state index is 0.179. The topological polar surface area (TPSA) is 75.6 Å². The van der Waals surface area contributed by atoms with E-state index in [0.717, 1.165) is 16.7 Å². The Morgan fingerprint density at radius 2 is 1.84 bits per heavy atom. The van der Waals surface area contributed by atoms with Gasteiger partial charge in [0.2, 0.25) is 0 Å². The van der Waals surface area contributed by atoms with Crippen LogP contribution >= 0.6 is 0 Å². The van der Waals surface area contributed by atoms with Gasteiger partial charge in [0.05, 0.1) is 6.61 Å². The van der Waals surface area contributed by atoms with Crippen molar-refractivity contribution in [1.29, 1.82) is 0 Å². The lowest BCUT2D eigenvalue weighted by Gasteiger charge is -2.22. The minimum Gasteiger partial charge on any atom is -0.465 e. The van der Waals surface area contributed by atoms with E-state index in [1.807, 2.05) is 51.1 Å². The number of hydrogen-bond acceptors (Lipinski definition) is 3. The Bertz CT molecular complexity index is 657. The predicted molar refractivity (Wildman–Crippen MR) is 99.5 cm³/mol. The first kappa shape index (κ1) is 20.5. The summed E-state index contributed by atoms with van der Waals surface area (Å²) in [4.78, 5) is 22.4. The molecule has 1 aromatic rings. The Morgan fingerprint density at radius 3 is 2.36 bits per heavy atom. The van der Waals surface area contributed by atoms with Crippen molar-refractivity contribution in [3.63, 3.8) is 0 Å². The molecule has 1 rings (SSSR count). The molecular formula is C20H27NO4. The average molecular weight is 345 g/mol. The zero-order valence-electron chi connectivity index (χ0n) is 15.4. The molecule has 0 aromatic heterocycles. The van der Waals surface area contributed by atoms with Crippen LogP contribution in [0.25, 0.3) is 5.57 Å². The third-order valence-corrected chi connectivity index (χ3v) is 3.85. The second-order valence-electron chi connectivity index (χ2n) is 6.63. The highest BCUT2D eigenvalue weighted by Gasteiger charge is 2.20. The number of nitrogens with one attached hydrogen (secondary N) is 1. The van der Waals surface area contributed by atoms with Gasteiger partial charge >= 0.3 is 12.1 Å². The molecule has 0 unspecified atom stereocenters. The van der Waals surface area contributed by atoms with Crippen molar-refractivity contribution in [2.45, 2.75) is 39.5 Å². The highest BCUT2D eigenvalue weighted by Crippen LogP contribution is 2.27. The molecule has 0 radical (unpaired) electrons. The number of rotatable bonds is 8. The molecule has 1 amide bonds. The quantitative estimate of drug-likeness (QED) is 0.422. The maximum absolute atomic E-state index is 12.1. The van der Waals surface area contributed by atoms with Gasteiger partial charge in [-0.05, 0) is 31.4 Å². The second-order valence-corrected chi connectivity index (χ2v) is 6.63. The number of ether oxygens (including phenoxy) is 1. The largest absolute Gasteiger partial charge is 0.465 e. The van der Waals surface area contributed by atoms with Crippen LogP contribution in [0.15, 0.2) is 42.5 Å². The summed E-state index contributed by atoms with van der Waals surface area (Å²) in [6.07, 6.45) is 1.25. The van der Waals surface area contributed by atoms with Gasteiger partial charge in [-0.2, -0.15) is 0 Å². The molecule has 1 aromatic carbocycles. The molecule has 0 fully saturated rings. The average Bonchev–Trinajstić information content (AvgIpc) is 2.53. The van der Waals surface area contributed by atoms with Crippen molar-refractivity contribution in [2.75, 3.05) is 13.2 Å². The van der Waals surface area contributed by atoms with E-state index in [1.54, 1.807) is 6.92 Å². The molecule has 0 atom stereocenters. The van der Waals surface area contributed by atoms with E-state index in [0.29, 0.717) is 12.0 Å². The van der Waals surface area contributed by atoms with Crippen LogP contribution in [0.5, 0.6) is 0 Å². The third-order valence-electron chi connectivity index (χ3n) is 3.85. The Hall–Kier alpha value is -2.56. The van der Waals surface area contributed by atoms with E-state index in [-0.39, 0.29) is 24.5 Å². The summed E-state index contributed by atoms with van der Waals surface area (Å²) in [5.41, 5.74) is 3.41. The van der Waals surface area contributed by atoms with Crippen LogP contribution in [0.4, 0.5) is 4.79 Å². The SMILES string of the molecule is C=C(C)c1ccc(C(C)(C)C=C(C)C(=O)OCCCNC(=O)O)cc1. The van der Waals surface area contributed by atoms with Crippen LogP contribution < -0.4 is 5.32 Å². The van der Waals surface area contributed by atoms with E-state index >= 15 is 0 Å². The first-order valence-corrected chi connectivity index (χ1v) is 8.23. The summed E-state index contributed by atoms with van der Waals surface area (Å²) < 4.78 is 5.17. The summed E-state index contributed by atoms with van der Waals surface area (Å²) >= 11 is 0. The van der Waals surface area contributed by atoms with Crippen LogP contribution in [0.2, 0.25) is 0 Å². The second kappa shape index (κ2) is 9.06. The molecule has 0 bridgehead atoms. The summed E-state index contributed by atoms with van der Waals surface area (Å²) in [7, 11) is 0. The molecule has 25 heavy (non-hydrogen) atoms.